The second-order valence-electron chi connectivity index (χ2n) is 9.04. The lowest BCUT2D eigenvalue weighted by atomic mass is 9.89. The number of fused-ring (bicyclic) bond motifs is 1. The first-order valence-electron chi connectivity index (χ1n) is 10.3. The number of hydrogen-bond acceptors (Lipinski definition) is 5. The number of hydrogen-bond donors (Lipinski definition) is 3. The molecule has 1 aromatic rings. The van der Waals surface area contributed by atoms with Gasteiger partial charge in [0, 0.05) is 38.1 Å². The average molecular weight is 477 g/mol. The summed E-state index contributed by atoms with van der Waals surface area (Å²) in [4.78, 5) is 15.2. The minimum Gasteiger partial charge on any atom is -0.385 e. The van der Waals surface area contributed by atoms with Crippen LogP contribution in [0.2, 0.25) is 0 Å². The highest BCUT2D eigenvalue weighted by atomic mass is 35.5. The van der Waals surface area contributed by atoms with Gasteiger partial charge in [-0.2, -0.15) is 8.42 Å². The van der Waals surface area contributed by atoms with Crippen molar-refractivity contribution in [1.82, 2.24) is 0 Å². The molecule has 1 amide bonds. The molecule has 0 spiro atoms. The van der Waals surface area contributed by atoms with Gasteiger partial charge in [0.25, 0.3) is 10.2 Å². The fourth-order valence-corrected chi connectivity index (χ4v) is 4.62. The summed E-state index contributed by atoms with van der Waals surface area (Å²) in [6.07, 6.45) is 1.76. The van der Waals surface area contributed by atoms with E-state index in [4.69, 9.17) is 9.88 Å². The summed E-state index contributed by atoms with van der Waals surface area (Å²) in [5, 5.41) is 8.39. The van der Waals surface area contributed by atoms with Crippen LogP contribution in [0, 0.1) is 19.3 Å². The van der Waals surface area contributed by atoms with E-state index in [1.165, 1.54) is 0 Å². The van der Waals surface area contributed by atoms with Gasteiger partial charge in [-0.25, -0.2) is 5.14 Å². The molecule has 1 heterocycles. The monoisotopic (exact) mass is 476 g/mol. The Labute approximate surface area is 192 Å². The molecule has 0 aromatic heterocycles. The number of halogens is 1. The van der Waals surface area contributed by atoms with E-state index in [-0.39, 0.29) is 24.2 Å². The molecule has 178 valence electrons. The van der Waals surface area contributed by atoms with Gasteiger partial charge >= 0.3 is 0 Å². The van der Waals surface area contributed by atoms with Crippen LogP contribution in [0.4, 0.5) is 17.1 Å². The molecule has 10 heteroatoms. The van der Waals surface area contributed by atoms with Crippen LogP contribution in [0.25, 0.3) is 0 Å². The van der Waals surface area contributed by atoms with Crippen LogP contribution in [0.1, 0.15) is 63.1 Å². The third kappa shape index (κ3) is 6.25. The van der Waals surface area contributed by atoms with Crippen LogP contribution >= 0.6 is 12.4 Å². The number of methoxy groups -OCH3 is 1. The minimum absolute atomic E-state index is 0. The summed E-state index contributed by atoms with van der Waals surface area (Å²) < 4.78 is 31.5. The van der Waals surface area contributed by atoms with Crippen LogP contribution in [-0.4, -0.2) is 41.1 Å². The van der Waals surface area contributed by atoms with E-state index in [1.807, 2.05) is 34.6 Å². The number of nitrogens with one attached hydrogen (secondary N) is 2. The maximum absolute atomic E-state index is 12.9. The van der Waals surface area contributed by atoms with Gasteiger partial charge in [-0.15, -0.1) is 12.4 Å². The molecule has 1 aliphatic rings. The molecule has 8 nitrogen and oxygen atoms in total. The Bertz CT molecular complexity index is 913. The highest BCUT2D eigenvalue weighted by Crippen LogP contribution is 2.50. The number of rotatable bonds is 8. The van der Waals surface area contributed by atoms with Gasteiger partial charge in [0.05, 0.1) is 17.1 Å². The maximum Gasteiger partial charge on any atom is 0.296 e. The van der Waals surface area contributed by atoms with Crippen LogP contribution in [0.15, 0.2) is 0 Å². The molecule has 4 N–H and O–H groups in total. The normalized spacial score (nSPS) is 16.0. The molecule has 1 atom stereocenters. The summed E-state index contributed by atoms with van der Waals surface area (Å²) in [5.41, 5.74) is 4.00. The summed E-state index contributed by atoms with van der Waals surface area (Å²) in [6.45, 7) is 13.6. The predicted octanol–water partition coefficient (Wildman–Crippen LogP) is 3.68. The van der Waals surface area contributed by atoms with E-state index >= 15 is 0 Å². The highest BCUT2D eigenvalue weighted by molar-refractivity contribution is 7.90. The first-order chi connectivity index (χ1) is 13.8. The van der Waals surface area contributed by atoms with Crippen molar-refractivity contribution in [1.29, 1.82) is 0 Å². The van der Waals surface area contributed by atoms with E-state index in [0.717, 1.165) is 42.7 Å². The van der Waals surface area contributed by atoms with Crippen LogP contribution in [-0.2, 0) is 19.7 Å². The highest BCUT2D eigenvalue weighted by Gasteiger charge is 2.36. The van der Waals surface area contributed by atoms with E-state index < -0.39 is 15.6 Å². The van der Waals surface area contributed by atoms with Gasteiger partial charge in [-0.1, -0.05) is 27.7 Å². The zero-order valence-electron chi connectivity index (χ0n) is 19.6. The van der Waals surface area contributed by atoms with Crippen molar-refractivity contribution >= 4 is 45.6 Å². The van der Waals surface area contributed by atoms with Gasteiger partial charge in [-0.3, -0.25) is 9.52 Å². The summed E-state index contributed by atoms with van der Waals surface area (Å²) in [6, 6.07) is 0. The predicted molar refractivity (Wildman–Crippen MR) is 130 cm³/mol. The smallest absolute Gasteiger partial charge is 0.296 e. The Balaban J connectivity index is 0.00000480. The van der Waals surface area contributed by atoms with E-state index in [2.05, 4.69) is 21.9 Å². The molecule has 0 saturated heterocycles. The molecule has 2 rings (SSSR count). The average Bonchev–Trinajstić information content (AvgIpc) is 2.97. The van der Waals surface area contributed by atoms with Crippen molar-refractivity contribution in [3.05, 3.63) is 16.7 Å². The molecule has 0 fully saturated rings. The van der Waals surface area contributed by atoms with E-state index in [1.54, 1.807) is 7.11 Å². The summed E-state index contributed by atoms with van der Waals surface area (Å²) >= 11 is 0. The molecule has 0 saturated carbocycles. The van der Waals surface area contributed by atoms with Gasteiger partial charge < -0.3 is 15.0 Å². The number of amides is 1. The lowest BCUT2D eigenvalue weighted by Crippen LogP contribution is -2.30. The molecule has 31 heavy (non-hydrogen) atoms. The van der Waals surface area contributed by atoms with Crippen LogP contribution < -0.4 is 20.1 Å². The number of carbonyl (C=O) groups excluding carboxylic acids is 1. The number of nitrogens with two attached hydrogens (primary N) is 1. The first kappa shape index (κ1) is 27.5. The third-order valence-corrected chi connectivity index (χ3v) is 6.00. The van der Waals surface area contributed by atoms with Crippen LogP contribution in [0.5, 0.6) is 0 Å². The molecule has 1 aliphatic heterocycles. The van der Waals surface area contributed by atoms with Crippen molar-refractivity contribution in [2.24, 2.45) is 10.6 Å². The van der Waals surface area contributed by atoms with Crippen molar-refractivity contribution in [3.63, 3.8) is 0 Å². The number of carbonyl (C=O) groups is 1. The Morgan fingerprint density at radius 3 is 2.32 bits per heavy atom. The molecule has 0 radical (unpaired) electrons. The minimum atomic E-state index is -3.97. The molecular formula is C21H37ClN4O4S. The Kier molecular flexibility index (Phi) is 9.20. The SMILES string of the molecule is CCCN1CC(CCOC)c2c(C)c(NS(N)(=O)=O)c(C)c(NC(=O)C(C)(C)C)c21.Cl. The second-order valence-corrected chi connectivity index (χ2v) is 10.3. The van der Waals surface area contributed by atoms with E-state index in [0.29, 0.717) is 23.5 Å². The summed E-state index contributed by atoms with van der Waals surface area (Å²) in [7, 11) is -2.30. The largest absolute Gasteiger partial charge is 0.385 e. The van der Waals surface area contributed by atoms with Crippen LogP contribution in [0.3, 0.4) is 0 Å². The lowest BCUT2D eigenvalue weighted by Gasteiger charge is -2.28. The molecule has 0 bridgehead atoms. The number of benzene rings is 1. The van der Waals surface area contributed by atoms with Crippen molar-refractivity contribution in [2.45, 2.75) is 60.3 Å². The van der Waals surface area contributed by atoms with E-state index in [9.17, 15) is 13.2 Å². The fourth-order valence-electron chi connectivity index (χ4n) is 4.03. The van der Waals surface area contributed by atoms with Crippen molar-refractivity contribution < 1.29 is 17.9 Å². The van der Waals surface area contributed by atoms with Gasteiger partial charge in [0.15, 0.2) is 0 Å². The Morgan fingerprint density at radius 1 is 1.23 bits per heavy atom. The fraction of sp³-hybridized carbons (Fsp3) is 0.667. The Hall–Kier alpha value is -1.55. The van der Waals surface area contributed by atoms with Gasteiger partial charge in [-0.05, 0) is 43.4 Å². The maximum atomic E-state index is 12.9. The Morgan fingerprint density at radius 2 is 1.84 bits per heavy atom. The third-order valence-electron chi connectivity index (χ3n) is 5.51. The molecule has 1 unspecified atom stereocenters. The lowest BCUT2D eigenvalue weighted by molar-refractivity contribution is -0.123. The zero-order chi connectivity index (χ0) is 22.9. The number of anilines is 3. The number of ether oxygens (including phenoxy) is 1. The van der Waals surface area contributed by atoms with Gasteiger partial charge in [0.2, 0.25) is 5.91 Å². The molecule has 0 aliphatic carbocycles. The molecule has 1 aromatic carbocycles. The second kappa shape index (κ2) is 10.4. The molecular weight excluding hydrogens is 440 g/mol. The standard InChI is InChI=1S/C21H36N4O4S.ClH/c1-8-10-25-12-15(9-11-29-7)16-13(2)17(24-30(22,27)28)14(3)18(19(16)25)23-20(26)21(4,5)6;/h15,24H,8-12H2,1-7H3,(H,23,26)(H2,22,27,28);1H. The zero-order valence-corrected chi connectivity index (χ0v) is 21.2. The van der Waals surface area contributed by atoms with Crippen molar-refractivity contribution in [3.8, 4) is 0 Å². The van der Waals surface area contributed by atoms with Crippen molar-refractivity contribution in [2.75, 3.05) is 41.7 Å². The first-order valence-corrected chi connectivity index (χ1v) is 11.9. The number of nitrogens with zero attached hydrogens (tertiary/aromatic N) is 1. The quantitative estimate of drug-likeness (QED) is 0.529. The summed E-state index contributed by atoms with van der Waals surface area (Å²) in [5.74, 6) is 0.0356. The topological polar surface area (TPSA) is 114 Å². The van der Waals surface area contributed by atoms with Gasteiger partial charge in [0.1, 0.15) is 0 Å².